The van der Waals surface area contributed by atoms with E-state index in [2.05, 4.69) is 44.7 Å². The molecule has 0 unspecified atom stereocenters. The van der Waals surface area contributed by atoms with Gasteiger partial charge in [-0.2, -0.15) is 5.90 Å². The first-order chi connectivity index (χ1) is 15.7. The van der Waals surface area contributed by atoms with Crippen LogP contribution in [0.15, 0.2) is 53.6 Å². The molecule has 2 aromatic heterocycles. The molecule has 2 N–H and O–H groups in total. The predicted octanol–water partition coefficient (Wildman–Crippen LogP) is 3.69. The van der Waals surface area contributed by atoms with Crippen LogP contribution < -0.4 is 5.90 Å². The minimum atomic E-state index is -0.439. The molecule has 0 fully saturated rings. The van der Waals surface area contributed by atoms with E-state index in [0.717, 1.165) is 24.4 Å². The van der Waals surface area contributed by atoms with Crippen LogP contribution in [0, 0.1) is 0 Å². The van der Waals surface area contributed by atoms with Crippen LogP contribution in [0.4, 0.5) is 0 Å². The fourth-order valence-corrected chi connectivity index (χ4v) is 5.11. The molecule has 0 radical (unpaired) electrons. The molecule has 0 saturated heterocycles. The molecule has 168 valence electrons. The summed E-state index contributed by atoms with van der Waals surface area (Å²) in [5.41, 5.74) is 3.51. The normalized spacial score (nSPS) is 13.2. The quantitative estimate of drug-likeness (QED) is 0.303. The van der Waals surface area contributed by atoms with Crippen molar-refractivity contribution in [3.8, 4) is 0 Å². The minimum absolute atomic E-state index is 0.125. The van der Waals surface area contributed by atoms with Gasteiger partial charge in [-0.05, 0) is 49.1 Å². The molecule has 3 heterocycles. The Morgan fingerprint density at radius 1 is 1.09 bits per heavy atom. The van der Waals surface area contributed by atoms with Crippen molar-refractivity contribution in [2.24, 2.45) is 5.90 Å². The number of nitrogens with two attached hydrogens (primary N) is 1. The van der Waals surface area contributed by atoms with Crippen molar-refractivity contribution >= 4 is 34.7 Å². The largest absolute Gasteiger partial charge is 0.373 e. The number of aryl methyl sites for hydroxylation is 1. The zero-order valence-corrected chi connectivity index (χ0v) is 18.9. The maximum Gasteiger partial charge on any atom is 0.324 e. The van der Waals surface area contributed by atoms with E-state index in [1.54, 1.807) is 0 Å². The summed E-state index contributed by atoms with van der Waals surface area (Å²) >= 11 is 1.83. The number of carbonyl (C=O) groups excluding carboxylic acids is 2. The Bertz CT molecular complexity index is 1080. The molecular formula is C24H28N4O3S. The highest BCUT2D eigenvalue weighted by molar-refractivity contribution is 7.99. The van der Waals surface area contributed by atoms with E-state index in [1.807, 2.05) is 35.0 Å². The molecule has 7 nitrogen and oxygen atoms in total. The van der Waals surface area contributed by atoms with Crippen molar-refractivity contribution in [3.05, 3.63) is 59.9 Å². The fourth-order valence-electron chi connectivity index (χ4n) is 4.25. The van der Waals surface area contributed by atoms with Crippen molar-refractivity contribution in [1.29, 1.82) is 0 Å². The molecule has 0 bridgehead atoms. The van der Waals surface area contributed by atoms with Crippen LogP contribution in [0.1, 0.15) is 36.9 Å². The summed E-state index contributed by atoms with van der Waals surface area (Å²) in [6.45, 7) is 2.15. The molecule has 1 aromatic carbocycles. The number of rotatable bonds is 9. The molecule has 0 aliphatic carbocycles. The number of amides is 1. The Labute approximate surface area is 191 Å². The lowest BCUT2D eigenvalue weighted by atomic mass is 10.0. The van der Waals surface area contributed by atoms with E-state index in [9.17, 15) is 9.59 Å². The molecule has 4 rings (SSSR count). The van der Waals surface area contributed by atoms with Gasteiger partial charge in [0.1, 0.15) is 5.65 Å². The fraction of sp³-hybridized carbons (Fsp3) is 0.375. The Kier molecular flexibility index (Phi) is 7.44. The van der Waals surface area contributed by atoms with Gasteiger partial charge in [0, 0.05) is 53.9 Å². The molecule has 1 amide bonds. The molecule has 0 atom stereocenters. The Morgan fingerprint density at radius 2 is 1.91 bits per heavy atom. The van der Waals surface area contributed by atoms with Crippen LogP contribution in [0.25, 0.3) is 11.0 Å². The van der Waals surface area contributed by atoms with Gasteiger partial charge >= 0.3 is 5.97 Å². The van der Waals surface area contributed by atoms with E-state index in [1.165, 1.54) is 21.5 Å². The van der Waals surface area contributed by atoms with Gasteiger partial charge in [0.05, 0.1) is 6.54 Å². The Morgan fingerprint density at radius 3 is 2.72 bits per heavy atom. The van der Waals surface area contributed by atoms with E-state index >= 15 is 0 Å². The smallest absolute Gasteiger partial charge is 0.324 e. The van der Waals surface area contributed by atoms with Gasteiger partial charge in [0.15, 0.2) is 0 Å². The number of aromatic nitrogens is 2. The standard InChI is InChI=1S/C24H28N4O3S/c25-31-23(30)11-5-4-10-22(29)27-14-12-19-20-9-6-13-26-24(20)28(21(19)17-27)15-16-32-18-7-2-1-3-8-18/h1-3,6-9,13H,4-5,10-12,14-17,25H2. The Hall–Kier alpha value is -2.84. The van der Waals surface area contributed by atoms with Gasteiger partial charge in [0.25, 0.3) is 0 Å². The summed E-state index contributed by atoms with van der Waals surface area (Å²) < 4.78 is 2.29. The lowest BCUT2D eigenvalue weighted by molar-refractivity contribution is -0.144. The average Bonchev–Trinajstić information content (AvgIpc) is 3.15. The van der Waals surface area contributed by atoms with Crippen molar-refractivity contribution in [1.82, 2.24) is 14.5 Å². The number of fused-ring (bicyclic) bond motifs is 3. The Balaban J connectivity index is 1.44. The highest BCUT2D eigenvalue weighted by Crippen LogP contribution is 2.31. The summed E-state index contributed by atoms with van der Waals surface area (Å²) in [7, 11) is 0. The zero-order valence-electron chi connectivity index (χ0n) is 18.0. The van der Waals surface area contributed by atoms with Crippen LogP contribution in [0.5, 0.6) is 0 Å². The second-order valence-electron chi connectivity index (χ2n) is 7.88. The predicted molar refractivity (Wildman–Crippen MR) is 125 cm³/mol. The van der Waals surface area contributed by atoms with Gasteiger partial charge < -0.3 is 14.3 Å². The maximum absolute atomic E-state index is 12.8. The molecular weight excluding hydrogens is 424 g/mol. The minimum Gasteiger partial charge on any atom is -0.373 e. The number of hydrogen-bond acceptors (Lipinski definition) is 6. The van der Waals surface area contributed by atoms with Crippen molar-refractivity contribution < 1.29 is 14.4 Å². The summed E-state index contributed by atoms with van der Waals surface area (Å²) in [6.07, 6.45) is 4.59. The highest BCUT2D eigenvalue weighted by Gasteiger charge is 2.26. The molecule has 8 heteroatoms. The van der Waals surface area contributed by atoms with Crippen LogP contribution >= 0.6 is 11.8 Å². The highest BCUT2D eigenvalue weighted by atomic mass is 32.2. The number of pyridine rings is 1. The van der Waals surface area contributed by atoms with Gasteiger partial charge in [-0.15, -0.1) is 11.8 Å². The summed E-state index contributed by atoms with van der Waals surface area (Å²) in [4.78, 5) is 36.0. The first-order valence-corrected chi connectivity index (χ1v) is 12.0. The lowest BCUT2D eigenvalue weighted by Crippen LogP contribution is -2.36. The van der Waals surface area contributed by atoms with Crippen molar-refractivity contribution in [2.75, 3.05) is 12.3 Å². The van der Waals surface area contributed by atoms with Crippen LogP contribution in [0.3, 0.4) is 0 Å². The number of nitrogens with zero attached hydrogens (tertiary/aromatic N) is 3. The van der Waals surface area contributed by atoms with E-state index in [4.69, 9.17) is 5.90 Å². The number of carbonyl (C=O) groups is 2. The van der Waals surface area contributed by atoms with Gasteiger partial charge in [-0.25, -0.2) is 4.98 Å². The second kappa shape index (κ2) is 10.7. The number of unbranched alkanes of at least 4 members (excludes halogenated alkanes) is 1. The monoisotopic (exact) mass is 452 g/mol. The molecule has 3 aromatic rings. The first kappa shape index (κ1) is 22.4. The summed E-state index contributed by atoms with van der Waals surface area (Å²) in [6, 6.07) is 14.5. The van der Waals surface area contributed by atoms with E-state index < -0.39 is 5.97 Å². The number of thioether (sulfide) groups is 1. The second-order valence-corrected chi connectivity index (χ2v) is 9.04. The molecule has 0 spiro atoms. The number of benzene rings is 1. The van der Waals surface area contributed by atoms with E-state index in [0.29, 0.717) is 32.4 Å². The molecule has 32 heavy (non-hydrogen) atoms. The third-order valence-corrected chi connectivity index (χ3v) is 6.84. The van der Waals surface area contributed by atoms with Gasteiger partial charge in [0.2, 0.25) is 5.91 Å². The lowest BCUT2D eigenvalue weighted by Gasteiger charge is -2.28. The topological polar surface area (TPSA) is 90.5 Å². The summed E-state index contributed by atoms with van der Waals surface area (Å²) in [5, 5.41) is 1.19. The van der Waals surface area contributed by atoms with Crippen molar-refractivity contribution in [3.63, 3.8) is 0 Å². The molecule has 1 aliphatic heterocycles. The molecule has 0 saturated carbocycles. The summed E-state index contributed by atoms with van der Waals surface area (Å²) in [5.74, 6) is 5.47. The van der Waals surface area contributed by atoms with Crippen LogP contribution in [-0.2, 0) is 33.9 Å². The van der Waals surface area contributed by atoms with Gasteiger partial charge in [-0.3, -0.25) is 9.59 Å². The van der Waals surface area contributed by atoms with Gasteiger partial charge in [-0.1, -0.05) is 18.2 Å². The van der Waals surface area contributed by atoms with E-state index in [-0.39, 0.29) is 12.3 Å². The number of hydrogen-bond donors (Lipinski definition) is 1. The zero-order chi connectivity index (χ0) is 22.3. The molecule has 1 aliphatic rings. The average molecular weight is 453 g/mol. The maximum atomic E-state index is 12.8. The van der Waals surface area contributed by atoms with Crippen molar-refractivity contribution in [2.45, 2.75) is 50.1 Å². The SMILES string of the molecule is NOC(=O)CCCCC(=O)N1CCc2c(n(CCSc3ccccc3)c3ncccc23)C1. The first-order valence-electron chi connectivity index (χ1n) is 11.0. The van der Waals surface area contributed by atoms with Crippen LogP contribution in [-0.4, -0.2) is 38.6 Å². The van der Waals surface area contributed by atoms with Crippen LogP contribution in [0.2, 0.25) is 0 Å². The third-order valence-electron chi connectivity index (χ3n) is 5.85. The third kappa shape index (κ3) is 5.14.